The molecular formula is C30H43NO3. The summed E-state index contributed by atoms with van der Waals surface area (Å²) in [4.78, 5) is 14.5. The molecular weight excluding hydrogens is 422 g/mol. The lowest BCUT2D eigenvalue weighted by atomic mass is 9.72. The van der Waals surface area contributed by atoms with Crippen LogP contribution in [0.15, 0.2) is 36.4 Å². The van der Waals surface area contributed by atoms with Crippen LogP contribution in [0.1, 0.15) is 84.7 Å². The second-order valence-corrected chi connectivity index (χ2v) is 11.5. The second-order valence-electron chi connectivity index (χ2n) is 11.5. The molecule has 4 rings (SSSR count). The van der Waals surface area contributed by atoms with Crippen molar-refractivity contribution in [1.29, 1.82) is 0 Å². The van der Waals surface area contributed by atoms with E-state index >= 15 is 0 Å². The zero-order valence-electron chi connectivity index (χ0n) is 21.8. The van der Waals surface area contributed by atoms with Crippen LogP contribution in [0.2, 0.25) is 0 Å². The van der Waals surface area contributed by atoms with Crippen molar-refractivity contribution in [3.8, 4) is 5.75 Å². The minimum Gasteiger partial charge on any atom is -0.490 e. The molecule has 34 heavy (non-hydrogen) atoms. The molecule has 1 atom stereocenters. The van der Waals surface area contributed by atoms with Crippen molar-refractivity contribution >= 4 is 16.7 Å². The maximum atomic E-state index is 12.0. The first kappa shape index (κ1) is 25.0. The molecule has 2 aromatic carbocycles. The monoisotopic (exact) mass is 465 g/mol. The van der Waals surface area contributed by atoms with Crippen LogP contribution in [0.5, 0.6) is 5.75 Å². The van der Waals surface area contributed by atoms with Gasteiger partial charge in [0.1, 0.15) is 5.75 Å². The van der Waals surface area contributed by atoms with Crippen LogP contribution >= 0.6 is 0 Å². The summed E-state index contributed by atoms with van der Waals surface area (Å²) < 4.78 is 11.6. The number of piperidine rings is 1. The van der Waals surface area contributed by atoms with E-state index in [9.17, 15) is 4.79 Å². The Hall–Kier alpha value is -2.07. The van der Waals surface area contributed by atoms with Crippen LogP contribution < -0.4 is 4.74 Å². The lowest BCUT2D eigenvalue weighted by Crippen LogP contribution is -2.38. The largest absolute Gasteiger partial charge is 0.490 e. The van der Waals surface area contributed by atoms with Gasteiger partial charge >= 0.3 is 5.97 Å². The highest BCUT2D eigenvalue weighted by atomic mass is 16.5. The molecule has 0 radical (unpaired) electrons. The van der Waals surface area contributed by atoms with E-state index < -0.39 is 0 Å². The van der Waals surface area contributed by atoms with E-state index in [1.54, 1.807) is 0 Å². The van der Waals surface area contributed by atoms with Crippen molar-refractivity contribution in [1.82, 2.24) is 4.90 Å². The first-order valence-corrected chi connectivity index (χ1v) is 13.4. The Morgan fingerprint density at radius 3 is 2.26 bits per heavy atom. The molecule has 0 aromatic heterocycles. The normalized spacial score (nSPS) is 23.6. The van der Waals surface area contributed by atoms with Crippen LogP contribution in [0.3, 0.4) is 0 Å². The molecule has 2 fully saturated rings. The molecule has 1 heterocycles. The number of benzene rings is 2. The van der Waals surface area contributed by atoms with Crippen LogP contribution in [0.4, 0.5) is 0 Å². The highest BCUT2D eigenvalue weighted by Gasteiger charge is 2.31. The topological polar surface area (TPSA) is 38.8 Å². The molecule has 1 aliphatic heterocycles. The van der Waals surface area contributed by atoms with Gasteiger partial charge in [-0.3, -0.25) is 9.69 Å². The summed E-state index contributed by atoms with van der Waals surface area (Å²) in [6.07, 6.45) is 6.95. The lowest BCUT2D eigenvalue weighted by molar-refractivity contribution is -0.149. The molecule has 1 saturated carbocycles. The lowest BCUT2D eigenvalue weighted by Gasteiger charge is -2.37. The molecule has 4 heteroatoms. The van der Waals surface area contributed by atoms with Crippen LogP contribution in [0.25, 0.3) is 10.8 Å². The van der Waals surface area contributed by atoms with Crippen molar-refractivity contribution in [2.75, 3.05) is 19.7 Å². The van der Waals surface area contributed by atoms with Crippen molar-refractivity contribution in [3.63, 3.8) is 0 Å². The molecule has 0 N–H and O–H groups in total. The fourth-order valence-corrected chi connectivity index (χ4v) is 5.81. The van der Waals surface area contributed by atoms with Gasteiger partial charge in [0.05, 0.1) is 18.6 Å². The van der Waals surface area contributed by atoms with Crippen LogP contribution in [-0.4, -0.2) is 36.7 Å². The molecule has 2 aliphatic rings. The van der Waals surface area contributed by atoms with E-state index in [4.69, 9.17) is 9.47 Å². The molecule has 2 aromatic rings. The number of hydrogen-bond donors (Lipinski definition) is 0. The van der Waals surface area contributed by atoms with Gasteiger partial charge in [-0.2, -0.15) is 0 Å². The standard InChI is InChI=1S/C30H43NO3/c1-6-33-29(32)22-15-17-31(18-16-22)21(2)23-7-8-25-20-28(12-9-24(25)19-23)34-27-13-10-26(11-14-27)30(3,4)5/h7-9,12,19-22,26-27H,6,10-11,13-18H2,1-5H3/t21?,26-,27-. The molecule has 1 saturated heterocycles. The quantitative estimate of drug-likeness (QED) is 0.424. The Kier molecular flexibility index (Phi) is 7.87. The number of hydrogen-bond acceptors (Lipinski definition) is 4. The van der Waals surface area contributed by atoms with Gasteiger partial charge in [-0.25, -0.2) is 0 Å². The second kappa shape index (κ2) is 10.7. The zero-order valence-corrected chi connectivity index (χ0v) is 21.8. The number of carbonyl (C=O) groups excluding carboxylic acids is 1. The Bertz CT molecular complexity index is 963. The average molecular weight is 466 g/mol. The van der Waals surface area contributed by atoms with Gasteiger partial charge in [-0.15, -0.1) is 0 Å². The fraction of sp³-hybridized carbons (Fsp3) is 0.633. The van der Waals surface area contributed by atoms with Gasteiger partial charge in [0.2, 0.25) is 0 Å². The zero-order chi connectivity index (χ0) is 24.3. The number of nitrogens with zero attached hydrogens (tertiary/aromatic N) is 1. The van der Waals surface area contributed by atoms with E-state index in [1.807, 2.05) is 6.92 Å². The number of likely N-dealkylation sites (tertiary alicyclic amines) is 1. The summed E-state index contributed by atoms with van der Waals surface area (Å²) in [7, 11) is 0. The fourth-order valence-electron chi connectivity index (χ4n) is 5.81. The molecule has 1 aliphatic carbocycles. The minimum absolute atomic E-state index is 0.0271. The van der Waals surface area contributed by atoms with E-state index in [2.05, 4.69) is 69.0 Å². The van der Waals surface area contributed by atoms with E-state index in [0.717, 1.165) is 50.4 Å². The van der Waals surface area contributed by atoms with Gasteiger partial charge in [0.15, 0.2) is 0 Å². The van der Waals surface area contributed by atoms with Gasteiger partial charge < -0.3 is 9.47 Å². The van der Waals surface area contributed by atoms with Gasteiger partial charge in [-0.1, -0.05) is 39.0 Å². The Morgan fingerprint density at radius 1 is 0.971 bits per heavy atom. The molecule has 4 nitrogen and oxygen atoms in total. The summed E-state index contributed by atoms with van der Waals surface area (Å²) in [6.45, 7) is 13.6. The van der Waals surface area contributed by atoms with Gasteiger partial charge in [0.25, 0.3) is 0 Å². The smallest absolute Gasteiger partial charge is 0.309 e. The van der Waals surface area contributed by atoms with E-state index in [-0.39, 0.29) is 11.9 Å². The van der Waals surface area contributed by atoms with Crippen LogP contribution in [0, 0.1) is 17.3 Å². The van der Waals surface area contributed by atoms with Crippen LogP contribution in [-0.2, 0) is 9.53 Å². The Labute approximate surface area is 206 Å². The minimum atomic E-state index is -0.0271. The Balaban J connectivity index is 1.35. The SMILES string of the molecule is CCOC(=O)C1CCN(C(C)c2ccc3cc(O[C@H]4CC[C@H](C(C)(C)C)CC4)ccc3c2)CC1. The maximum absolute atomic E-state index is 12.0. The predicted octanol–water partition coefficient (Wildman–Crippen LogP) is 7.16. The third-order valence-electron chi connectivity index (χ3n) is 8.22. The summed E-state index contributed by atoms with van der Waals surface area (Å²) in [6, 6.07) is 13.7. The van der Waals surface area contributed by atoms with E-state index in [1.165, 1.54) is 29.2 Å². The van der Waals surface area contributed by atoms with E-state index in [0.29, 0.717) is 24.2 Å². The van der Waals surface area contributed by atoms with Crippen molar-refractivity contribution in [2.24, 2.45) is 17.3 Å². The molecule has 0 spiro atoms. The summed E-state index contributed by atoms with van der Waals surface area (Å²) in [5, 5.41) is 2.49. The van der Waals surface area contributed by atoms with Crippen molar-refractivity contribution in [2.45, 2.75) is 85.3 Å². The summed E-state index contributed by atoms with van der Waals surface area (Å²) >= 11 is 0. The van der Waals surface area contributed by atoms with Gasteiger partial charge in [-0.05, 0) is 111 Å². The summed E-state index contributed by atoms with van der Waals surface area (Å²) in [5.74, 6) is 1.83. The Morgan fingerprint density at radius 2 is 1.62 bits per heavy atom. The van der Waals surface area contributed by atoms with Gasteiger partial charge in [0, 0.05) is 6.04 Å². The average Bonchev–Trinajstić information content (AvgIpc) is 2.83. The predicted molar refractivity (Wildman–Crippen MR) is 139 cm³/mol. The summed E-state index contributed by atoms with van der Waals surface area (Å²) in [5.41, 5.74) is 1.73. The number of carbonyl (C=O) groups is 1. The first-order chi connectivity index (χ1) is 16.2. The molecule has 1 unspecified atom stereocenters. The highest BCUT2D eigenvalue weighted by Crippen LogP contribution is 2.39. The van der Waals surface area contributed by atoms with Crippen molar-refractivity contribution in [3.05, 3.63) is 42.0 Å². The molecule has 0 amide bonds. The number of ether oxygens (including phenoxy) is 2. The molecule has 186 valence electrons. The number of rotatable bonds is 6. The maximum Gasteiger partial charge on any atom is 0.309 e. The van der Waals surface area contributed by atoms with Crippen molar-refractivity contribution < 1.29 is 14.3 Å². The number of fused-ring (bicyclic) bond motifs is 1. The first-order valence-electron chi connectivity index (χ1n) is 13.4. The highest BCUT2D eigenvalue weighted by molar-refractivity contribution is 5.84. The third kappa shape index (κ3) is 5.94. The number of esters is 1. The molecule has 0 bridgehead atoms. The third-order valence-corrected chi connectivity index (χ3v) is 8.22.